The molecule has 2 aromatic carbocycles. The van der Waals surface area contributed by atoms with Gasteiger partial charge in [0, 0.05) is 24.0 Å². The lowest BCUT2D eigenvalue weighted by atomic mass is 10.0. The topological polar surface area (TPSA) is 107 Å². The van der Waals surface area contributed by atoms with Crippen LogP contribution in [0.3, 0.4) is 0 Å². The standard InChI is InChI=1S/C27H19F4N7O2S/c1-26(2)24(40)37(18-6-3-15(11-32)20(9-18)27(29,30)31)25(41)38(26)19-7-4-16(21(28)10-19)12-33-23(39)17-5-8-22-35-34-14-36(22)13-17/h3-10,13-14H,12H2,1-2H3,(H,33,39). The minimum atomic E-state index is -4.83. The number of hydrogen-bond donors (Lipinski definition) is 1. The van der Waals surface area contributed by atoms with Gasteiger partial charge in [0.05, 0.1) is 28.4 Å². The van der Waals surface area contributed by atoms with Gasteiger partial charge >= 0.3 is 6.18 Å². The molecule has 1 fully saturated rings. The second kappa shape index (κ2) is 9.93. The number of carbonyl (C=O) groups is 2. The quantitative estimate of drug-likeness (QED) is 0.271. The predicted molar refractivity (Wildman–Crippen MR) is 143 cm³/mol. The number of pyridine rings is 1. The van der Waals surface area contributed by atoms with Crippen molar-refractivity contribution in [3.8, 4) is 6.07 Å². The summed E-state index contributed by atoms with van der Waals surface area (Å²) in [4.78, 5) is 28.2. The fourth-order valence-electron chi connectivity index (χ4n) is 4.52. The van der Waals surface area contributed by atoms with Gasteiger partial charge in [-0.2, -0.15) is 18.4 Å². The number of nitrogens with zero attached hydrogens (tertiary/aromatic N) is 6. The van der Waals surface area contributed by atoms with E-state index < -0.39 is 40.5 Å². The van der Waals surface area contributed by atoms with E-state index in [0.29, 0.717) is 17.3 Å². The first-order valence-electron chi connectivity index (χ1n) is 12.0. The molecule has 208 valence electrons. The van der Waals surface area contributed by atoms with E-state index in [1.54, 1.807) is 16.5 Å². The Morgan fingerprint density at radius 1 is 1.12 bits per heavy atom. The van der Waals surface area contributed by atoms with Crippen molar-refractivity contribution in [2.45, 2.75) is 32.1 Å². The highest BCUT2D eigenvalue weighted by molar-refractivity contribution is 7.81. The Kier molecular flexibility index (Phi) is 6.70. The van der Waals surface area contributed by atoms with E-state index in [-0.39, 0.29) is 28.6 Å². The Bertz CT molecular complexity index is 1780. The van der Waals surface area contributed by atoms with Crippen molar-refractivity contribution in [3.05, 3.63) is 89.1 Å². The van der Waals surface area contributed by atoms with E-state index in [0.717, 1.165) is 17.0 Å². The van der Waals surface area contributed by atoms with Crippen molar-refractivity contribution in [3.63, 3.8) is 0 Å². The maximum Gasteiger partial charge on any atom is 0.417 e. The molecule has 5 rings (SSSR count). The molecule has 1 aliphatic rings. The molecular weight excluding hydrogens is 562 g/mol. The van der Waals surface area contributed by atoms with Crippen LogP contribution >= 0.6 is 12.2 Å². The van der Waals surface area contributed by atoms with Crippen LogP contribution in [-0.2, 0) is 17.5 Å². The summed E-state index contributed by atoms with van der Waals surface area (Å²) in [5.41, 5.74) is -2.15. The van der Waals surface area contributed by atoms with Crippen molar-refractivity contribution in [1.29, 1.82) is 5.26 Å². The number of alkyl halides is 3. The summed E-state index contributed by atoms with van der Waals surface area (Å²) >= 11 is 5.49. The summed E-state index contributed by atoms with van der Waals surface area (Å²) in [6.07, 6.45) is -1.86. The van der Waals surface area contributed by atoms with Crippen molar-refractivity contribution in [1.82, 2.24) is 19.9 Å². The van der Waals surface area contributed by atoms with Crippen LogP contribution in [0.2, 0.25) is 0 Å². The highest BCUT2D eigenvalue weighted by Gasteiger charge is 2.50. The molecule has 9 nitrogen and oxygen atoms in total. The molecular formula is C27H19F4N7O2S. The SMILES string of the molecule is CC1(C)C(=O)N(c2ccc(C#N)c(C(F)(F)F)c2)C(=S)N1c1ccc(CNC(=O)c2ccc3nncn3c2)c(F)c1. The second-order valence-electron chi connectivity index (χ2n) is 9.63. The van der Waals surface area contributed by atoms with E-state index >= 15 is 4.39 Å². The van der Waals surface area contributed by atoms with Crippen molar-refractivity contribution >= 4 is 46.2 Å². The number of aromatic nitrogens is 3. The predicted octanol–water partition coefficient (Wildman–Crippen LogP) is 4.61. The van der Waals surface area contributed by atoms with Gasteiger partial charge in [-0.25, -0.2) is 4.39 Å². The van der Waals surface area contributed by atoms with E-state index in [9.17, 15) is 22.8 Å². The van der Waals surface area contributed by atoms with Crippen LogP contribution in [0.15, 0.2) is 61.1 Å². The Hall–Kier alpha value is -4.90. The van der Waals surface area contributed by atoms with Crippen LogP contribution in [0.4, 0.5) is 28.9 Å². The molecule has 1 N–H and O–H groups in total. The van der Waals surface area contributed by atoms with Gasteiger partial charge in [0.2, 0.25) is 0 Å². The van der Waals surface area contributed by atoms with Gasteiger partial charge in [-0.3, -0.25) is 18.9 Å². The van der Waals surface area contributed by atoms with Crippen LogP contribution in [0.25, 0.3) is 5.65 Å². The number of benzene rings is 2. The van der Waals surface area contributed by atoms with Crippen LogP contribution in [0, 0.1) is 17.1 Å². The minimum absolute atomic E-state index is 0.143. The second-order valence-corrected chi connectivity index (χ2v) is 9.99. The molecule has 0 saturated carbocycles. The number of carbonyl (C=O) groups excluding carboxylic acids is 2. The molecule has 4 aromatic rings. The number of thiocarbonyl (C=S) groups is 1. The molecule has 0 unspecified atom stereocenters. The van der Waals surface area contributed by atoms with Gasteiger partial charge in [0.15, 0.2) is 10.8 Å². The Labute approximate surface area is 235 Å². The van der Waals surface area contributed by atoms with Crippen LogP contribution < -0.4 is 15.1 Å². The Balaban J connectivity index is 1.38. The Morgan fingerprint density at radius 2 is 1.85 bits per heavy atom. The Morgan fingerprint density at radius 3 is 2.54 bits per heavy atom. The highest BCUT2D eigenvalue weighted by Crippen LogP contribution is 2.40. The zero-order chi connectivity index (χ0) is 29.7. The van der Waals surface area contributed by atoms with Gasteiger partial charge in [-0.1, -0.05) is 6.07 Å². The van der Waals surface area contributed by atoms with Gasteiger partial charge in [-0.15, -0.1) is 10.2 Å². The van der Waals surface area contributed by atoms with Gasteiger partial charge in [0.25, 0.3) is 11.8 Å². The van der Waals surface area contributed by atoms with E-state index in [2.05, 4.69) is 15.5 Å². The molecule has 2 aromatic heterocycles. The van der Waals surface area contributed by atoms with E-state index in [1.165, 1.54) is 55.5 Å². The number of amides is 2. The maximum atomic E-state index is 15.2. The van der Waals surface area contributed by atoms with E-state index in [4.69, 9.17) is 17.5 Å². The average Bonchev–Trinajstić information content (AvgIpc) is 3.46. The number of rotatable bonds is 5. The van der Waals surface area contributed by atoms with Crippen LogP contribution in [0.5, 0.6) is 0 Å². The molecule has 0 spiro atoms. The smallest absolute Gasteiger partial charge is 0.348 e. The normalized spacial score (nSPS) is 15.0. The molecule has 1 aliphatic heterocycles. The highest BCUT2D eigenvalue weighted by atomic mass is 32.1. The maximum absolute atomic E-state index is 15.2. The number of fused-ring (bicyclic) bond motifs is 1. The number of halogens is 4. The molecule has 14 heteroatoms. The summed E-state index contributed by atoms with van der Waals surface area (Å²) in [5.74, 6) is -1.78. The third-order valence-electron chi connectivity index (χ3n) is 6.64. The van der Waals surface area contributed by atoms with Crippen molar-refractivity contribution in [2.75, 3.05) is 9.80 Å². The third-order valence-corrected chi connectivity index (χ3v) is 7.01. The minimum Gasteiger partial charge on any atom is -0.348 e. The number of nitriles is 1. The molecule has 0 bridgehead atoms. The van der Waals surface area contributed by atoms with Crippen LogP contribution in [-0.4, -0.2) is 37.1 Å². The zero-order valence-electron chi connectivity index (χ0n) is 21.4. The van der Waals surface area contributed by atoms with E-state index in [1.807, 2.05) is 0 Å². The fraction of sp³-hybridized carbons (Fsp3) is 0.185. The summed E-state index contributed by atoms with van der Waals surface area (Å²) in [6, 6.07) is 11.6. The fourth-order valence-corrected chi connectivity index (χ4v) is 5.04. The molecule has 0 radical (unpaired) electrons. The van der Waals surface area contributed by atoms with Gasteiger partial charge < -0.3 is 10.2 Å². The first kappa shape index (κ1) is 27.7. The average molecular weight is 582 g/mol. The molecule has 0 atom stereocenters. The lowest BCUT2D eigenvalue weighted by molar-refractivity contribution is -0.137. The monoisotopic (exact) mass is 581 g/mol. The summed E-state index contributed by atoms with van der Waals surface area (Å²) in [5, 5.41) is 19.2. The number of anilines is 2. The zero-order valence-corrected chi connectivity index (χ0v) is 22.2. The summed E-state index contributed by atoms with van der Waals surface area (Å²) in [7, 11) is 0. The number of nitrogens with one attached hydrogen (secondary N) is 1. The largest absolute Gasteiger partial charge is 0.417 e. The first-order valence-corrected chi connectivity index (χ1v) is 12.4. The number of hydrogen-bond acceptors (Lipinski definition) is 6. The first-order chi connectivity index (χ1) is 19.3. The summed E-state index contributed by atoms with van der Waals surface area (Å²) in [6.45, 7) is 2.87. The molecule has 0 aliphatic carbocycles. The third kappa shape index (κ3) is 4.84. The molecule has 1 saturated heterocycles. The van der Waals surface area contributed by atoms with Gasteiger partial charge in [-0.05, 0) is 68.5 Å². The van der Waals surface area contributed by atoms with Crippen LogP contribution in [0.1, 0.15) is 40.9 Å². The summed E-state index contributed by atoms with van der Waals surface area (Å²) < 4.78 is 57.4. The molecule has 41 heavy (non-hydrogen) atoms. The lowest BCUT2D eigenvalue weighted by Crippen LogP contribution is -2.44. The molecule has 3 heterocycles. The molecule has 2 amide bonds. The van der Waals surface area contributed by atoms with Gasteiger partial charge in [0.1, 0.15) is 17.7 Å². The van der Waals surface area contributed by atoms with Crippen molar-refractivity contribution in [2.24, 2.45) is 0 Å². The lowest BCUT2D eigenvalue weighted by Gasteiger charge is -2.29. The van der Waals surface area contributed by atoms with Crippen molar-refractivity contribution < 1.29 is 27.2 Å².